The highest BCUT2D eigenvalue weighted by Gasteiger charge is 2.38. The predicted octanol–water partition coefficient (Wildman–Crippen LogP) is 2.62. The van der Waals surface area contributed by atoms with Crippen molar-refractivity contribution in [3.8, 4) is 11.3 Å². The van der Waals surface area contributed by atoms with Gasteiger partial charge in [-0.2, -0.15) is 0 Å². The molecule has 0 radical (unpaired) electrons. The molecule has 1 aromatic heterocycles. The summed E-state index contributed by atoms with van der Waals surface area (Å²) in [5.41, 5.74) is -0.499. The van der Waals surface area contributed by atoms with Gasteiger partial charge in [0.05, 0.1) is 18.6 Å². The van der Waals surface area contributed by atoms with Crippen molar-refractivity contribution in [2.24, 2.45) is 11.8 Å². The van der Waals surface area contributed by atoms with Crippen molar-refractivity contribution in [2.75, 3.05) is 26.7 Å². The minimum absolute atomic E-state index is 0.114. The summed E-state index contributed by atoms with van der Waals surface area (Å²) in [5.74, 6) is -2.56. The van der Waals surface area contributed by atoms with E-state index in [4.69, 9.17) is 9.26 Å². The molecular formula is C21H23F2N3O4. The van der Waals surface area contributed by atoms with Gasteiger partial charge in [-0.1, -0.05) is 11.2 Å². The van der Waals surface area contributed by atoms with Crippen LogP contribution in [0.15, 0.2) is 28.8 Å². The molecule has 1 aliphatic heterocycles. The number of rotatable bonds is 6. The average molecular weight is 419 g/mol. The highest BCUT2D eigenvalue weighted by molar-refractivity contribution is 5.93. The monoisotopic (exact) mass is 419 g/mol. The van der Waals surface area contributed by atoms with E-state index in [0.29, 0.717) is 18.9 Å². The number of halogens is 2. The molecule has 1 amide bonds. The van der Waals surface area contributed by atoms with Gasteiger partial charge in [-0.25, -0.2) is 8.78 Å². The number of hydrogen-bond acceptors (Lipinski definition) is 6. The average Bonchev–Trinajstić information content (AvgIpc) is 3.41. The molecule has 0 spiro atoms. The van der Waals surface area contributed by atoms with Gasteiger partial charge in [-0.05, 0) is 37.3 Å². The van der Waals surface area contributed by atoms with Gasteiger partial charge in [0.2, 0.25) is 0 Å². The predicted molar refractivity (Wildman–Crippen MR) is 102 cm³/mol. The summed E-state index contributed by atoms with van der Waals surface area (Å²) in [5, 5.41) is 6.45. The molecule has 2 aromatic rings. The third-order valence-corrected chi connectivity index (χ3v) is 5.68. The number of ether oxygens (including phenoxy) is 1. The molecule has 7 nitrogen and oxygen atoms in total. The Morgan fingerprint density at radius 2 is 2.00 bits per heavy atom. The number of benzene rings is 1. The molecule has 1 saturated carbocycles. The molecule has 2 atom stereocenters. The van der Waals surface area contributed by atoms with E-state index < -0.39 is 29.5 Å². The summed E-state index contributed by atoms with van der Waals surface area (Å²) < 4.78 is 37.8. The van der Waals surface area contributed by atoms with Gasteiger partial charge in [0.15, 0.2) is 11.5 Å². The van der Waals surface area contributed by atoms with Crippen LogP contribution in [-0.4, -0.2) is 54.7 Å². The molecule has 30 heavy (non-hydrogen) atoms. The fraction of sp³-hybridized carbons (Fsp3) is 0.476. The molecule has 1 N–H and O–H groups in total. The van der Waals surface area contributed by atoms with Crippen LogP contribution >= 0.6 is 0 Å². The van der Waals surface area contributed by atoms with E-state index in [1.54, 1.807) is 0 Å². The highest BCUT2D eigenvalue weighted by Crippen LogP contribution is 2.32. The zero-order chi connectivity index (χ0) is 21.3. The Hall–Kier alpha value is -2.81. The molecule has 2 fully saturated rings. The number of piperidine rings is 1. The Bertz CT molecular complexity index is 924. The SMILES string of the molecule is COC(=O)C1CN(CC2CC2)CCC1NC(=O)c1cc(-c2c(F)cccc2F)on1. The van der Waals surface area contributed by atoms with E-state index in [1.165, 1.54) is 32.1 Å². The Balaban J connectivity index is 1.46. The van der Waals surface area contributed by atoms with Crippen LogP contribution in [0.5, 0.6) is 0 Å². The third kappa shape index (κ3) is 4.35. The van der Waals surface area contributed by atoms with Gasteiger partial charge in [-0.3, -0.25) is 9.59 Å². The molecular weight excluding hydrogens is 396 g/mol. The van der Waals surface area contributed by atoms with Crippen LogP contribution in [0.4, 0.5) is 8.78 Å². The number of carbonyl (C=O) groups excluding carboxylic acids is 2. The second-order valence-corrected chi connectivity index (χ2v) is 7.87. The number of carbonyl (C=O) groups is 2. The summed E-state index contributed by atoms with van der Waals surface area (Å²) in [6, 6.07) is 4.19. The first-order valence-electron chi connectivity index (χ1n) is 9.98. The lowest BCUT2D eigenvalue weighted by molar-refractivity contribution is -0.148. The van der Waals surface area contributed by atoms with Gasteiger partial charge >= 0.3 is 5.97 Å². The minimum atomic E-state index is -0.813. The molecule has 160 valence electrons. The largest absolute Gasteiger partial charge is 0.469 e. The first-order valence-corrected chi connectivity index (χ1v) is 9.98. The summed E-state index contributed by atoms with van der Waals surface area (Å²) in [6.07, 6.45) is 3.03. The van der Waals surface area contributed by atoms with Gasteiger partial charge < -0.3 is 19.5 Å². The van der Waals surface area contributed by atoms with Crippen LogP contribution in [0.25, 0.3) is 11.3 Å². The Morgan fingerprint density at radius 3 is 2.67 bits per heavy atom. The Kier molecular flexibility index (Phi) is 5.80. The van der Waals surface area contributed by atoms with Crippen LogP contribution in [-0.2, 0) is 9.53 Å². The molecule has 9 heteroatoms. The number of nitrogens with one attached hydrogen (secondary N) is 1. The van der Waals surface area contributed by atoms with E-state index in [9.17, 15) is 18.4 Å². The van der Waals surface area contributed by atoms with Gasteiger partial charge in [0.25, 0.3) is 5.91 Å². The number of nitrogens with zero attached hydrogens (tertiary/aromatic N) is 2. The number of likely N-dealkylation sites (tertiary alicyclic amines) is 1. The number of esters is 1. The second kappa shape index (κ2) is 8.51. The number of aromatic nitrogens is 1. The summed E-state index contributed by atoms with van der Waals surface area (Å²) in [6.45, 7) is 2.23. The summed E-state index contributed by atoms with van der Waals surface area (Å²) in [7, 11) is 1.33. The fourth-order valence-electron chi connectivity index (χ4n) is 3.89. The number of hydrogen-bond donors (Lipinski definition) is 1. The summed E-state index contributed by atoms with van der Waals surface area (Å²) in [4.78, 5) is 27.2. The number of amides is 1. The normalized spacial score (nSPS) is 22.0. The smallest absolute Gasteiger partial charge is 0.312 e. The third-order valence-electron chi connectivity index (χ3n) is 5.68. The lowest BCUT2D eigenvalue weighted by Crippen LogP contribution is -2.54. The van der Waals surface area contributed by atoms with Gasteiger partial charge in [0.1, 0.15) is 11.6 Å². The van der Waals surface area contributed by atoms with Crippen molar-refractivity contribution in [1.82, 2.24) is 15.4 Å². The van der Waals surface area contributed by atoms with Crippen molar-refractivity contribution in [3.63, 3.8) is 0 Å². The molecule has 2 unspecified atom stereocenters. The zero-order valence-electron chi connectivity index (χ0n) is 16.6. The molecule has 2 aliphatic rings. The Labute approximate surface area is 172 Å². The zero-order valence-corrected chi connectivity index (χ0v) is 16.6. The van der Waals surface area contributed by atoms with Crippen molar-refractivity contribution >= 4 is 11.9 Å². The molecule has 1 aliphatic carbocycles. The lowest BCUT2D eigenvalue weighted by Gasteiger charge is -2.37. The highest BCUT2D eigenvalue weighted by atomic mass is 19.1. The van der Waals surface area contributed by atoms with Crippen LogP contribution in [0.1, 0.15) is 29.8 Å². The second-order valence-electron chi connectivity index (χ2n) is 7.87. The number of methoxy groups -OCH3 is 1. The summed E-state index contributed by atoms with van der Waals surface area (Å²) >= 11 is 0. The van der Waals surface area contributed by atoms with Crippen molar-refractivity contribution in [3.05, 3.63) is 41.6 Å². The van der Waals surface area contributed by atoms with Crippen molar-refractivity contribution < 1.29 is 27.6 Å². The van der Waals surface area contributed by atoms with E-state index in [2.05, 4.69) is 15.4 Å². The minimum Gasteiger partial charge on any atom is -0.469 e. The van der Waals surface area contributed by atoms with Gasteiger partial charge in [-0.15, -0.1) is 0 Å². The molecule has 1 saturated heterocycles. The van der Waals surface area contributed by atoms with Gasteiger partial charge in [0, 0.05) is 31.7 Å². The quantitative estimate of drug-likeness (QED) is 0.725. The van der Waals surface area contributed by atoms with E-state index in [0.717, 1.165) is 25.2 Å². The molecule has 4 rings (SSSR count). The fourth-order valence-corrected chi connectivity index (χ4v) is 3.89. The molecule has 2 heterocycles. The van der Waals surface area contributed by atoms with Crippen molar-refractivity contribution in [2.45, 2.75) is 25.3 Å². The molecule has 0 bridgehead atoms. The standard InChI is InChI=1S/C21H23F2N3O4/c1-29-21(28)13-11-26(10-12-5-6-12)8-7-16(13)24-20(27)17-9-18(30-25-17)19-14(22)3-2-4-15(19)23/h2-4,9,12-13,16H,5-8,10-11H2,1H3,(H,24,27). The maximum absolute atomic E-state index is 13.9. The maximum Gasteiger partial charge on any atom is 0.312 e. The van der Waals surface area contributed by atoms with Crippen LogP contribution in [0, 0.1) is 23.5 Å². The lowest BCUT2D eigenvalue weighted by atomic mass is 9.91. The maximum atomic E-state index is 13.9. The van der Waals surface area contributed by atoms with Crippen LogP contribution in [0.2, 0.25) is 0 Å². The van der Waals surface area contributed by atoms with E-state index in [1.807, 2.05) is 0 Å². The van der Waals surface area contributed by atoms with E-state index in [-0.39, 0.29) is 23.0 Å². The first-order chi connectivity index (χ1) is 14.5. The topological polar surface area (TPSA) is 84.7 Å². The van der Waals surface area contributed by atoms with Crippen LogP contribution < -0.4 is 5.32 Å². The first kappa shape index (κ1) is 20.5. The van der Waals surface area contributed by atoms with Crippen molar-refractivity contribution in [1.29, 1.82) is 0 Å². The van der Waals surface area contributed by atoms with E-state index >= 15 is 0 Å². The Morgan fingerprint density at radius 1 is 1.27 bits per heavy atom. The van der Waals surface area contributed by atoms with Crippen LogP contribution in [0.3, 0.4) is 0 Å². The molecule has 1 aromatic carbocycles.